The van der Waals surface area contributed by atoms with Gasteiger partial charge in [-0.3, -0.25) is 10.9 Å². The van der Waals surface area contributed by atoms with Crippen molar-refractivity contribution in [2.75, 3.05) is 18.8 Å². The molecule has 19 heavy (non-hydrogen) atoms. The smallest absolute Gasteiger partial charge is 0.217 e. The van der Waals surface area contributed by atoms with E-state index in [0.29, 0.717) is 13.1 Å². The van der Waals surface area contributed by atoms with Gasteiger partial charge in [0, 0.05) is 24.0 Å². The van der Waals surface area contributed by atoms with Crippen molar-refractivity contribution in [1.29, 1.82) is 0 Å². The van der Waals surface area contributed by atoms with Crippen molar-refractivity contribution in [3.63, 3.8) is 0 Å². The summed E-state index contributed by atoms with van der Waals surface area (Å²) in [5.41, 5.74) is 6.82. The summed E-state index contributed by atoms with van der Waals surface area (Å²) in [5, 5.41) is -0.394. The first-order valence-electron chi connectivity index (χ1n) is 6.35. The van der Waals surface area contributed by atoms with E-state index in [1.54, 1.807) is 11.8 Å². The fourth-order valence-corrected chi connectivity index (χ4v) is 4.99. The number of thioether (sulfide) groups is 1. The summed E-state index contributed by atoms with van der Waals surface area (Å²) in [5.74, 6) is 0.950. The van der Waals surface area contributed by atoms with E-state index >= 15 is 0 Å². The largest absolute Gasteiger partial charge is 0.256 e. The van der Waals surface area contributed by atoms with E-state index in [0.717, 1.165) is 17.7 Å². The predicted octanol–water partition coefficient (Wildman–Crippen LogP) is 0.619. The van der Waals surface area contributed by atoms with Gasteiger partial charge < -0.3 is 0 Å². The van der Waals surface area contributed by atoms with E-state index in [1.807, 2.05) is 18.2 Å². The number of rotatable bonds is 3. The van der Waals surface area contributed by atoms with Gasteiger partial charge in [0.05, 0.1) is 0 Å². The molecule has 1 aromatic rings. The lowest BCUT2D eigenvalue weighted by atomic mass is 10.1. The van der Waals surface area contributed by atoms with E-state index in [1.165, 1.54) is 4.90 Å². The lowest BCUT2D eigenvalue weighted by Gasteiger charge is -2.26. The van der Waals surface area contributed by atoms with Gasteiger partial charge in [-0.05, 0) is 23.8 Å². The van der Waals surface area contributed by atoms with Crippen LogP contribution in [-0.4, -0.2) is 32.5 Å². The molecule has 3 rings (SSSR count). The number of nitrogens with one attached hydrogen (secondary N) is 3. The highest BCUT2D eigenvalue weighted by Crippen LogP contribution is 2.36. The Morgan fingerprint density at radius 1 is 1.21 bits per heavy atom. The van der Waals surface area contributed by atoms with Crippen LogP contribution in [0.5, 0.6) is 0 Å². The van der Waals surface area contributed by atoms with Crippen LogP contribution in [0.4, 0.5) is 0 Å². The van der Waals surface area contributed by atoms with Gasteiger partial charge in [0.1, 0.15) is 5.25 Å². The summed E-state index contributed by atoms with van der Waals surface area (Å²) < 4.78 is 27.5. The third-order valence-electron chi connectivity index (χ3n) is 3.49. The molecule has 5 nitrogen and oxygen atoms in total. The monoisotopic (exact) mass is 299 g/mol. The molecule has 0 spiro atoms. The number of hydrogen-bond donors (Lipinski definition) is 3. The molecule has 104 valence electrons. The first kappa shape index (κ1) is 13.4. The summed E-state index contributed by atoms with van der Waals surface area (Å²) in [4.78, 5) is 1.18. The molecule has 0 amide bonds. The summed E-state index contributed by atoms with van der Waals surface area (Å²) in [6.07, 6.45) is 0.842. The average Bonchev–Trinajstić information content (AvgIpc) is 2.93. The number of fused-ring (bicyclic) bond motifs is 1. The normalized spacial score (nSPS) is 24.3. The maximum absolute atomic E-state index is 12.3. The molecular formula is C12H17N3O2S2. The van der Waals surface area contributed by atoms with Crippen LogP contribution >= 0.6 is 11.8 Å². The van der Waals surface area contributed by atoms with Crippen molar-refractivity contribution in [3.05, 3.63) is 29.8 Å². The Morgan fingerprint density at radius 2 is 1.95 bits per heavy atom. The quantitative estimate of drug-likeness (QED) is 0.763. The van der Waals surface area contributed by atoms with Gasteiger partial charge in [0.25, 0.3) is 0 Å². The van der Waals surface area contributed by atoms with Crippen molar-refractivity contribution in [3.8, 4) is 0 Å². The third-order valence-corrected chi connectivity index (χ3v) is 6.44. The Bertz CT molecular complexity index is 556. The molecule has 2 aliphatic heterocycles. The molecule has 1 fully saturated rings. The topological polar surface area (TPSA) is 70.2 Å². The standard InChI is InChI=1S/C12H17N3O2S2/c16-19(17,9-7-13-14-8-9)15-11-5-6-18-12-4-2-1-3-10(11)12/h1-4,9,11,13-15H,5-8H2. The van der Waals surface area contributed by atoms with Crippen molar-refractivity contribution in [2.24, 2.45) is 0 Å². The molecule has 1 saturated heterocycles. The molecule has 0 aliphatic carbocycles. The van der Waals surface area contributed by atoms with Crippen LogP contribution in [0.1, 0.15) is 18.0 Å². The number of hydrazine groups is 1. The first-order chi connectivity index (χ1) is 9.17. The van der Waals surface area contributed by atoms with Crippen molar-refractivity contribution in [1.82, 2.24) is 15.6 Å². The van der Waals surface area contributed by atoms with Crippen molar-refractivity contribution >= 4 is 21.8 Å². The zero-order chi connectivity index (χ0) is 13.3. The summed E-state index contributed by atoms with van der Waals surface area (Å²) >= 11 is 1.79. The second-order valence-corrected chi connectivity index (χ2v) is 7.90. The Morgan fingerprint density at radius 3 is 2.74 bits per heavy atom. The lowest BCUT2D eigenvalue weighted by Crippen LogP contribution is -2.40. The summed E-state index contributed by atoms with van der Waals surface area (Å²) in [6.45, 7) is 0.914. The minimum Gasteiger partial charge on any atom is -0.256 e. The number of hydrogen-bond acceptors (Lipinski definition) is 5. The van der Waals surface area contributed by atoms with Gasteiger partial charge in [-0.15, -0.1) is 11.8 Å². The fourth-order valence-electron chi connectivity index (χ4n) is 2.42. The summed E-state index contributed by atoms with van der Waals surface area (Å²) in [7, 11) is -3.29. The SMILES string of the molecule is O=S(=O)(NC1CCSc2ccccc21)C1CNNC1. The van der Waals surface area contributed by atoms with E-state index in [9.17, 15) is 8.42 Å². The van der Waals surface area contributed by atoms with Gasteiger partial charge in [-0.25, -0.2) is 13.1 Å². The van der Waals surface area contributed by atoms with Gasteiger partial charge in [-0.1, -0.05) is 18.2 Å². The molecule has 0 radical (unpaired) electrons. The summed E-state index contributed by atoms with van der Waals surface area (Å²) in [6, 6.07) is 7.93. The molecule has 2 heterocycles. The molecule has 0 aromatic heterocycles. The van der Waals surface area contributed by atoms with Gasteiger partial charge in [0.15, 0.2) is 0 Å². The van der Waals surface area contributed by atoms with Crippen LogP contribution < -0.4 is 15.6 Å². The Hall–Kier alpha value is -0.600. The van der Waals surface area contributed by atoms with Crippen LogP contribution in [0.15, 0.2) is 29.2 Å². The molecule has 0 bridgehead atoms. The van der Waals surface area contributed by atoms with Crippen LogP contribution in [0.3, 0.4) is 0 Å². The zero-order valence-electron chi connectivity index (χ0n) is 10.4. The lowest BCUT2D eigenvalue weighted by molar-refractivity contribution is 0.536. The Kier molecular flexibility index (Phi) is 3.81. The molecule has 7 heteroatoms. The van der Waals surface area contributed by atoms with Crippen LogP contribution in [0.25, 0.3) is 0 Å². The van der Waals surface area contributed by atoms with E-state index in [4.69, 9.17) is 0 Å². The van der Waals surface area contributed by atoms with Crippen molar-refractivity contribution in [2.45, 2.75) is 22.6 Å². The van der Waals surface area contributed by atoms with Gasteiger partial charge in [0.2, 0.25) is 10.0 Å². The second kappa shape index (κ2) is 5.41. The highest BCUT2D eigenvalue weighted by atomic mass is 32.2. The van der Waals surface area contributed by atoms with Crippen LogP contribution in [0, 0.1) is 0 Å². The third kappa shape index (κ3) is 2.80. The molecule has 2 aliphatic rings. The van der Waals surface area contributed by atoms with E-state index < -0.39 is 15.3 Å². The minimum absolute atomic E-state index is 0.0944. The zero-order valence-corrected chi connectivity index (χ0v) is 12.1. The van der Waals surface area contributed by atoms with Gasteiger partial charge >= 0.3 is 0 Å². The van der Waals surface area contributed by atoms with E-state index in [2.05, 4.69) is 21.6 Å². The molecular weight excluding hydrogens is 282 g/mol. The highest BCUT2D eigenvalue weighted by Gasteiger charge is 2.32. The highest BCUT2D eigenvalue weighted by molar-refractivity contribution is 7.99. The minimum atomic E-state index is -3.29. The van der Waals surface area contributed by atoms with Gasteiger partial charge in [-0.2, -0.15) is 0 Å². The first-order valence-corrected chi connectivity index (χ1v) is 8.88. The fraction of sp³-hybridized carbons (Fsp3) is 0.500. The van der Waals surface area contributed by atoms with Crippen LogP contribution in [0.2, 0.25) is 0 Å². The van der Waals surface area contributed by atoms with Crippen LogP contribution in [-0.2, 0) is 10.0 Å². The second-order valence-electron chi connectivity index (χ2n) is 4.77. The molecule has 1 unspecified atom stereocenters. The molecule has 1 atom stereocenters. The number of sulfonamides is 1. The van der Waals surface area contributed by atoms with E-state index in [-0.39, 0.29) is 6.04 Å². The van der Waals surface area contributed by atoms with Crippen molar-refractivity contribution < 1.29 is 8.42 Å². The molecule has 1 aromatic carbocycles. The molecule has 0 saturated carbocycles. The number of benzene rings is 1. The Balaban J connectivity index is 1.81. The maximum Gasteiger partial charge on any atom is 0.217 e. The maximum atomic E-state index is 12.3. The molecule has 3 N–H and O–H groups in total. The average molecular weight is 299 g/mol. The predicted molar refractivity (Wildman–Crippen MR) is 76.4 cm³/mol. The Labute approximate surface area is 117 Å².